The average molecular weight is 277 g/mol. The molecule has 104 valence electrons. The van der Waals surface area contributed by atoms with Gasteiger partial charge in [-0.1, -0.05) is 6.92 Å². The van der Waals surface area contributed by atoms with Crippen molar-refractivity contribution in [2.24, 2.45) is 5.92 Å². The van der Waals surface area contributed by atoms with Crippen molar-refractivity contribution in [3.8, 4) is 0 Å². The Hall–Kier alpha value is -1.11. The number of amides is 1. The number of hydrogen-bond acceptors (Lipinski definition) is 4. The van der Waals surface area contributed by atoms with E-state index in [2.05, 4.69) is 0 Å². The molecule has 0 bridgehead atoms. The summed E-state index contributed by atoms with van der Waals surface area (Å²) in [4.78, 5) is 23.8. The minimum absolute atomic E-state index is 0.0164. The first-order valence-corrected chi connectivity index (χ1v) is 7.71. The lowest BCUT2D eigenvalue weighted by Gasteiger charge is -2.24. The van der Waals surface area contributed by atoms with Crippen LogP contribution in [0.5, 0.6) is 0 Å². The topological polar surface area (TPSA) is 91.8 Å². The molecule has 18 heavy (non-hydrogen) atoms. The highest BCUT2D eigenvalue weighted by Crippen LogP contribution is 2.18. The molecule has 0 aromatic rings. The molecule has 7 heteroatoms. The van der Waals surface area contributed by atoms with Crippen LogP contribution in [0, 0.1) is 5.92 Å². The average Bonchev–Trinajstić information content (AvgIpc) is 2.56. The van der Waals surface area contributed by atoms with E-state index >= 15 is 0 Å². The number of carboxylic acids is 1. The quantitative estimate of drug-likeness (QED) is 0.771. The number of carbonyl (C=O) groups excluding carboxylic acids is 1. The standard InChI is InChI=1S/C11H19NO5S/c1-8(6-11(14)15)5-10(13)12(2)9-3-4-18(16,17)7-9/h8-9H,3-7H2,1-2H3,(H,14,15). The Morgan fingerprint density at radius 3 is 2.44 bits per heavy atom. The van der Waals surface area contributed by atoms with Gasteiger partial charge in [0.1, 0.15) is 0 Å². The van der Waals surface area contributed by atoms with Gasteiger partial charge in [0.05, 0.1) is 11.5 Å². The molecule has 0 radical (unpaired) electrons. The van der Waals surface area contributed by atoms with Gasteiger partial charge in [0.25, 0.3) is 0 Å². The zero-order valence-electron chi connectivity index (χ0n) is 10.6. The van der Waals surface area contributed by atoms with Gasteiger partial charge in [0, 0.05) is 25.9 Å². The largest absolute Gasteiger partial charge is 0.481 e. The van der Waals surface area contributed by atoms with Gasteiger partial charge < -0.3 is 10.0 Å². The Morgan fingerprint density at radius 2 is 2.00 bits per heavy atom. The predicted molar refractivity (Wildman–Crippen MR) is 65.9 cm³/mol. The van der Waals surface area contributed by atoms with Crippen LogP contribution in [0.3, 0.4) is 0 Å². The molecule has 1 rings (SSSR count). The van der Waals surface area contributed by atoms with E-state index in [-0.39, 0.29) is 42.2 Å². The van der Waals surface area contributed by atoms with Crippen molar-refractivity contribution in [3.05, 3.63) is 0 Å². The van der Waals surface area contributed by atoms with Crippen molar-refractivity contribution in [2.45, 2.75) is 32.2 Å². The summed E-state index contributed by atoms with van der Waals surface area (Å²) in [6.45, 7) is 1.70. The summed E-state index contributed by atoms with van der Waals surface area (Å²) in [5.74, 6) is -1.22. The molecule has 1 aliphatic heterocycles. The van der Waals surface area contributed by atoms with Gasteiger partial charge in [-0.05, 0) is 12.3 Å². The summed E-state index contributed by atoms with van der Waals surface area (Å²) in [5, 5.41) is 8.61. The fraction of sp³-hybridized carbons (Fsp3) is 0.818. The zero-order chi connectivity index (χ0) is 13.9. The van der Waals surface area contributed by atoms with Crippen LogP contribution in [0.15, 0.2) is 0 Å². The number of carboxylic acid groups (broad SMARTS) is 1. The van der Waals surface area contributed by atoms with Crippen LogP contribution in [-0.4, -0.2) is 54.9 Å². The Labute approximate surface area is 107 Å². The molecule has 1 aliphatic rings. The number of carbonyl (C=O) groups is 2. The lowest BCUT2D eigenvalue weighted by molar-refractivity contribution is -0.138. The van der Waals surface area contributed by atoms with Crippen molar-refractivity contribution in [2.75, 3.05) is 18.6 Å². The van der Waals surface area contributed by atoms with E-state index in [0.29, 0.717) is 6.42 Å². The third-order valence-corrected chi connectivity index (χ3v) is 4.95. The third kappa shape index (κ3) is 4.29. The fourth-order valence-corrected chi connectivity index (χ4v) is 3.87. The van der Waals surface area contributed by atoms with Crippen LogP contribution >= 0.6 is 0 Å². The molecule has 0 aromatic carbocycles. The zero-order valence-corrected chi connectivity index (χ0v) is 11.4. The van der Waals surface area contributed by atoms with Crippen LogP contribution in [0.4, 0.5) is 0 Å². The second-order valence-corrected chi connectivity index (χ2v) is 7.20. The maximum absolute atomic E-state index is 11.9. The Kier molecular flexibility index (Phi) is 4.72. The first kappa shape index (κ1) is 14.9. The maximum atomic E-state index is 11.9. The summed E-state index contributed by atoms with van der Waals surface area (Å²) in [5.41, 5.74) is 0. The smallest absolute Gasteiger partial charge is 0.303 e. The number of aliphatic carboxylic acids is 1. The van der Waals surface area contributed by atoms with Gasteiger partial charge >= 0.3 is 5.97 Å². The van der Waals surface area contributed by atoms with E-state index < -0.39 is 15.8 Å². The first-order valence-electron chi connectivity index (χ1n) is 5.89. The van der Waals surface area contributed by atoms with Gasteiger partial charge in [0.2, 0.25) is 5.91 Å². The number of sulfone groups is 1. The number of hydrogen-bond donors (Lipinski definition) is 1. The first-order chi connectivity index (χ1) is 8.21. The van der Waals surface area contributed by atoms with Crippen molar-refractivity contribution < 1.29 is 23.1 Å². The second-order valence-electron chi connectivity index (χ2n) is 4.97. The fourth-order valence-electron chi connectivity index (χ4n) is 2.10. The monoisotopic (exact) mass is 277 g/mol. The molecule has 1 saturated heterocycles. The Bertz CT molecular complexity index is 431. The molecular formula is C11H19NO5S. The van der Waals surface area contributed by atoms with Crippen molar-refractivity contribution in [1.29, 1.82) is 0 Å². The van der Waals surface area contributed by atoms with Crippen molar-refractivity contribution in [3.63, 3.8) is 0 Å². The normalized spacial score (nSPS) is 23.6. The Morgan fingerprint density at radius 1 is 1.39 bits per heavy atom. The molecule has 2 atom stereocenters. The summed E-state index contributed by atoms with van der Waals surface area (Å²) < 4.78 is 22.6. The highest BCUT2D eigenvalue weighted by Gasteiger charge is 2.32. The van der Waals surface area contributed by atoms with E-state index in [4.69, 9.17) is 5.11 Å². The second kappa shape index (κ2) is 5.69. The molecular weight excluding hydrogens is 258 g/mol. The number of nitrogens with zero attached hydrogens (tertiary/aromatic N) is 1. The summed E-state index contributed by atoms with van der Waals surface area (Å²) in [6.07, 6.45) is 0.555. The molecule has 0 saturated carbocycles. The van der Waals surface area contributed by atoms with E-state index in [0.717, 1.165) is 0 Å². The summed E-state index contributed by atoms with van der Waals surface area (Å²) >= 11 is 0. The molecule has 6 nitrogen and oxygen atoms in total. The highest BCUT2D eigenvalue weighted by molar-refractivity contribution is 7.91. The van der Waals surface area contributed by atoms with Gasteiger partial charge in [-0.2, -0.15) is 0 Å². The predicted octanol–water partition coefficient (Wildman–Crippen LogP) is 0.133. The van der Waals surface area contributed by atoms with Gasteiger partial charge in [-0.3, -0.25) is 9.59 Å². The highest BCUT2D eigenvalue weighted by atomic mass is 32.2. The Balaban J connectivity index is 2.49. The molecule has 0 spiro atoms. The lowest BCUT2D eigenvalue weighted by atomic mass is 10.0. The van der Waals surface area contributed by atoms with Crippen LogP contribution in [0.25, 0.3) is 0 Å². The molecule has 1 N–H and O–H groups in total. The van der Waals surface area contributed by atoms with Crippen LogP contribution in [-0.2, 0) is 19.4 Å². The van der Waals surface area contributed by atoms with Gasteiger partial charge in [-0.25, -0.2) is 8.42 Å². The summed E-state index contributed by atoms with van der Waals surface area (Å²) in [7, 11) is -1.42. The molecule has 2 unspecified atom stereocenters. The van der Waals surface area contributed by atoms with E-state index in [1.54, 1.807) is 14.0 Å². The van der Waals surface area contributed by atoms with Crippen LogP contribution in [0.1, 0.15) is 26.2 Å². The molecule has 1 heterocycles. The van der Waals surface area contributed by atoms with E-state index in [9.17, 15) is 18.0 Å². The van der Waals surface area contributed by atoms with E-state index in [1.807, 2.05) is 0 Å². The minimum Gasteiger partial charge on any atom is -0.481 e. The van der Waals surface area contributed by atoms with Crippen molar-refractivity contribution >= 4 is 21.7 Å². The van der Waals surface area contributed by atoms with Gasteiger partial charge in [-0.15, -0.1) is 0 Å². The molecule has 0 aliphatic carbocycles. The minimum atomic E-state index is -3.01. The van der Waals surface area contributed by atoms with E-state index in [1.165, 1.54) is 4.90 Å². The maximum Gasteiger partial charge on any atom is 0.303 e. The number of rotatable bonds is 5. The molecule has 1 fully saturated rings. The van der Waals surface area contributed by atoms with Crippen LogP contribution < -0.4 is 0 Å². The summed E-state index contributed by atoms with van der Waals surface area (Å²) in [6, 6.07) is -0.264. The third-order valence-electron chi connectivity index (χ3n) is 3.20. The molecule has 1 amide bonds. The SMILES string of the molecule is CC(CC(=O)O)CC(=O)N(C)C1CCS(=O)(=O)C1. The van der Waals surface area contributed by atoms with Crippen LogP contribution in [0.2, 0.25) is 0 Å². The van der Waals surface area contributed by atoms with Gasteiger partial charge in [0.15, 0.2) is 9.84 Å². The van der Waals surface area contributed by atoms with Crippen molar-refractivity contribution in [1.82, 2.24) is 4.90 Å². The molecule has 0 aromatic heterocycles. The lowest BCUT2D eigenvalue weighted by Crippen LogP contribution is -2.38.